The van der Waals surface area contributed by atoms with Crippen molar-refractivity contribution in [2.45, 2.75) is 33.6 Å². The average molecular weight is 393 g/mol. The van der Waals surface area contributed by atoms with Gasteiger partial charge in [0.1, 0.15) is 11.6 Å². The lowest BCUT2D eigenvalue weighted by Gasteiger charge is -2.11. The van der Waals surface area contributed by atoms with Gasteiger partial charge in [-0.3, -0.25) is 9.59 Å². The van der Waals surface area contributed by atoms with Gasteiger partial charge in [0.25, 0.3) is 5.56 Å². The SMILES string of the molecule is CCOC(=O)/C=C/c1ccc(NC(=O)CCc2c(C)[nH]c(=O)c(C#N)c2C)cc1. The van der Waals surface area contributed by atoms with Gasteiger partial charge in [0.05, 0.1) is 6.61 Å². The molecule has 0 unspecified atom stereocenters. The number of anilines is 1. The summed E-state index contributed by atoms with van der Waals surface area (Å²) in [5.74, 6) is -0.583. The Kier molecular flexibility index (Phi) is 7.49. The van der Waals surface area contributed by atoms with Gasteiger partial charge < -0.3 is 15.0 Å². The van der Waals surface area contributed by atoms with Crippen LogP contribution in [0.1, 0.15) is 41.3 Å². The van der Waals surface area contributed by atoms with Crippen LogP contribution in [0, 0.1) is 25.2 Å². The van der Waals surface area contributed by atoms with Gasteiger partial charge in [-0.2, -0.15) is 5.26 Å². The molecule has 2 N–H and O–H groups in total. The highest BCUT2D eigenvalue weighted by atomic mass is 16.5. The zero-order valence-electron chi connectivity index (χ0n) is 16.7. The second-order valence-electron chi connectivity index (χ2n) is 6.43. The van der Waals surface area contributed by atoms with E-state index in [0.717, 1.165) is 11.1 Å². The minimum absolute atomic E-state index is 0.0810. The third kappa shape index (κ3) is 5.91. The summed E-state index contributed by atoms with van der Waals surface area (Å²) >= 11 is 0. The molecule has 1 aromatic carbocycles. The molecule has 150 valence electrons. The summed E-state index contributed by atoms with van der Waals surface area (Å²) in [6, 6.07) is 8.95. The fourth-order valence-corrected chi connectivity index (χ4v) is 2.91. The van der Waals surface area contributed by atoms with E-state index in [-0.39, 0.29) is 17.9 Å². The highest BCUT2D eigenvalue weighted by molar-refractivity contribution is 5.91. The van der Waals surface area contributed by atoms with Crippen LogP contribution in [0.3, 0.4) is 0 Å². The Bertz CT molecular complexity index is 1030. The Morgan fingerprint density at radius 3 is 2.55 bits per heavy atom. The van der Waals surface area contributed by atoms with Crippen molar-refractivity contribution in [2.75, 3.05) is 11.9 Å². The van der Waals surface area contributed by atoms with E-state index in [1.54, 1.807) is 51.1 Å². The number of nitrogens with one attached hydrogen (secondary N) is 2. The smallest absolute Gasteiger partial charge is 0.330 e. The van der Waals surface area contributed by atoms with Crippen molar-refractivity contribution in [1.29, 1.82) is 5.26 Å². The number of ether oxygens (including phenoxy) is 1. The summed E-state index contributed by atoms with van der Waals surface area (Å²) in [6.07, 6.45) is 3.61. The first-order valence-electron chi connectivity index (χ1n) is 9.23. The molecular formula is C22H23N3O4. The normalized spacial score (nSPS) is 10.6. The zero-order chi connectivity index (χ0) is 21.4. The van der Waals surface area contributed by atoms with Crippen molar-refractivity contribution in [3.8, 4) is 6.07 Å². The average Bonchev–Trinajstić information content (AvgIpc) is 2.67. The van der Waals surface area contributed by atoms with Crippen LogP contribution in [0.15, 0.2) is 35.1 Å². The Hall–Kier alpha value is -3.66. The lowest BCUT2D eigenvalue weighted by molar-refractivity contribution is -0.137. The molecule has 0 aliphatic carbocycles. The van der Waals surface area contributed by atoms with Crippen LogP contribution in [-0.4, -0.2) is 23.5 Å². The predicted molar refractivity (Wildman–Crippen MR) is 110 cm³/mol. The Morgan fingerprint density at radius 2 is 1.93 bits per heavy atom. The number of amides is 1. The predicted octanol–water partition coefficient (Wildman–Crippen LogP) is 3.01. The third-order valence-electron chi connectivity index (χ3n) is 4.42. The van der Waals surface area contributed by atoms with Gasteiger partial charge in [-0.15, -0.1) is 0 Å². The van der Waals surface area contributed by atoms with Crippen molar-refractivity contribution >= 4 is 23.6 Å². The van der Waals surface area contributed by atoms with Crippen LogP contribution in [0.2, 0.25) is 0 Å². The second kappa shape index (κ2) is 10.0. The first-order chi connectivity index (χ1) is 13.8. The summed E-state index contributed by atoms with van der Waals surface area (Å²) < 4.78 is 4.82. The maximum absolute atomic E-state index is 12.3. The van der Waals surface area contributed by atoms with Crippen LogP contribution >= 0.6 is 0 Å². The largest absolute Gasteiger partial charge is 0.463 e. The van der Waals surface area contributed by atoms with Crippen LogP contribution in [0.25, 0.3) is 6.08 Å². The molecule has 0 radical (unpaired) electrons. The van der Waals surface area contributed by atoms with Gasteiger partial charge >= 0.3 is 5.97 Å². The molecule has 29 heavy (non-hydrogen) atoms. The molecule has 2 aromatic rings. The van der Waals surface area contributed by atoms with Crippen LogP contribution in [0.4, 0.5) is 5.69 Å². The first-order valence-corrected chi connectivity index (χ1v) is 9.23. The number of nitriles is 1. The lowest BCUT2D eigenvalue weighted by atomic mass is 9.99. The molecule has 1 heterocycles. The molecule has 1 amide bonds. The van der Waals surface area contributed by atoms with E-state index in [1.807, 2.05) is 6.07 Å². The van der Waals surface area contributed by atoms with Gasteiger partial charge in [0.15, 0.2) is 0 Å². The zero-order valence-corrected chi connectivity index (χ0v) is 16.7. The number of rotatable bonds is 7. The first kappa shape index (κ1) is 21.6. The van der Waals surface area contributed by atoms with E-state index in [4.69, 9.17) is 10.00 Å². The summed E-state index contributed by atoms with van der Waals surface area (Å²) in [7, 11) is 0. The quantitative estimate of drug-likeness (QED) is 0.555. The highest BCUT2D eigenvalue weighted by Crippen LogP contribution is 2.16. The number of benzene rings is 1. The number of hydrogen-bond donors (Lipinski definition) is 2. The van der Waals surface area contributed by atoms with Crippen LogP contribution < -0.4 is 10.9 Å². The number of carbonyl (C=O) groups excluding carboxylic acids is 2. The fourth-order valence-electron chi connectivity index (χ4n) is 2.91. The van der Waals surface area contributed by atoms with Crippen molar-refractivity contribution in [2.24, 2.45) is 0 Å². The minimum Gasteiger partial charge on any atom is -0.463 e. The second-order valence-corrected chi connectivity index (χ2v) is 6.43. The Morgan fingerprint density at radius 1 is 1.24 bits per heavy atom. The molecule has 0 saturated heterocycles. The van der Waals surface area contributed by atoms with Crippen LogP contribution in [0.5, 0.6) is 0 Å². The summed E-state index contributed by atoms with van der Waals surface area (Å²) in [6.45, 7) is 5.54. The van der Waals surface area contributed by atoms with E-state index in [9.17, 15) is 14.4 Å². The van der Waals surface area contributed by atoms with Crippen LogP contribution in [-0.2, 0) is 20.7 Å². The van der Waals surface area contributed by atoms with Gasteiger partial charge in [-0.05, 0) is 62.1 Å². The van der Waals surface area contributed by atoms with Gasteiger partial charge in [0, 0.05) is 23.9 Å². The molecule has 7 nitrogen and oxygen atoms in total. The summed E-state index contributed by atoms with van der Waals surface area (Å²) in [4.78, 5) is 38.0. The van der Waals surface area contributed by atoms with E-state index in [2.05, 4.69) is 10.3 Å². The molecule has 0 spiro atoms. The molecule has 0 bridgehead atoms. The molecule has 1 aromatic heterocycles. The molecule has 7 heteroatoms. The molecule has 2 rings (SSSR count). The number of hydrogen-bond acceptors (Lipinski definition) is 5. The van der Waals surface area contributed by atoms with E-state index in [1.165, 1.54) is 6.08 Å². The monoisotopic (exact) mass is 393 g/mol. The molecular weight excluding hydrogens is 370 g/mol. The van der Waals surface area contributed by atoms with Crippen molar-refractivity contribution in [3.05, 3.63) is 68.6 Å². The molecule has 0 atom stereocenters. The van der Waals surface area contributed by atoms with E-state index >= 15 is 0 Å². The van der Waals surface area contributed by atoms with Crippen molar-refractivity contribution in [3.63, 3.8) is 0 Å². The van der Waals surface area contributed by atoms with Gasteiger partial charge in [0.2, 0.25) is 5.91 Å². The minimum atomic E-state index is -0.409. The Labute approximate surface area is 169 Å². The highest BCUT2D eigenvalue weighted by Gasteiger charge is 2.13. The van der Waals surface area contributed by atoms with Crippen molar-refractivity contribution in [1.82, 2.24) is 4.98 Å². The molecule has 0 aliphatic rings. The number of aromatic nitrogens is 1. The number of esters is 1. The fraction of sp³-hybridized carbons (Fsp3) is 0.273. The topological polar surface area (TPSA) is 112 Å². The standard InChI is InChI=1S/C22H23N3O4/c1-4-29-21(27)12-7-16-5-8-17(9-6-16)25-20(26)11-10-18-14(2)19(13-23)22(28)24-15(18)3/h5-9,12H,4,10-11H2,1-3H3,(H,24,28)(H,25,26)/b12-7+. The number of aryl methyl sites for hydroxylation is 1. The third-order valence-corrected chi connectivity index (χ3v) is 4.42. The number of H-pyrrole nitrogens is 1. The van der Waals surface area contributed by atoms with Crippen molar-refractivity contribution < 1.29 is 14.3 Å². The van der Waals surface area contributed by atoms with Gasteiger partial charge in [-0.1, -0.05) is 12.1 Å². The van der Waals surface area contributed by atoms with Gasteiger partial charge in [-0.25, -0.2) is 4.79 Å². The maximum atomic E-state index is 12.3. The maximum Gasteiger partial charge on any atom is 0.330 e. The summed E-state index contributed by atoms with van der Waals surface area (Å²) in [5.41, 5.74) is 3.19. The Balaban J connectivity index is 1.98. The van der Waals surface area contributed by atoms with E-state index < -0.39 is 11.5 Å². The number of nitrogens with zero attached hydrogens (tertiary/aromatic N) is 1. The number of carbonyl (C=O) groups is 2. The number of aromatic amines is 1. The lowest BCUT2D eigenvalue weighted by Crippen LogP contribution is -2.18. The summed E-state index contributed by atoms with van der Waals surface area (Å²) in [5, 5.41) is 11.9. The number of pyridine rings is 1. The van der Waals surface area contributed by atoms with E-state index in [0.29, 0.717) is 30.0 Å². The molecule has 0 saturated carbocycles. The molecule has 0 aliphatic heterocycles. The molecule has 0 fully saturated rings.